The number of benzene rings is 2. The van der Waals surface area contributed by atoms with Crippen molar-refractivity contribution in [3.63, 3.8) is 0 Å². The number of morpholine rings is 1. The van der Waals surface area contributed by atoms with E-state index < -0.39 is 11.8 Å². The third kappa shape index (κ3) is 4.89. The predicted octanol–water partition coefficient (Wildman–Crippen LogP) is 4.11. The summed E-state index contributed by atoms with van der Waals surface area (Å²) in [7, 11) is 0. The summed E-state index contributed by atoms with van der Waals surface area (Å²) in [6.07, 6.45) is 6.82. The lowest BCUT2D eigenvalue weighted by Gasteiger charge is -2.32. The maximum absolute atomic E-state index is 13.7. The third-order valence-corrected chi connectivity index (χ3v) is 6.44. The van der Waals surface area contributed by atoms with Gasteiger partial charge in [0.25, 0.3) is 0 Å². The quantitative estimate of drug-likeness (QED) is 0.560. The molecular weight excluding hydrogens is 439 g/mol. The summed E-state index contributed by atoms with van der Waals surface area (Å²) in [5.41, 5.74) is 2.92. The first kappa shape index (κ1) is 22.3. The van der Waals surface area contributed by atoms with Gasteiger partial charge in [-0.1, -0.05) is 0 Å². The van der Waals surface area contributed by atoms with Crippen LogP contribution >= 0.6 is 0 Å². The Hall–Kier alpha value is -3.46. The van der Waals surface area contributed by atoms with E-state index in [4.69, 9.17) is 14.6 Å². The molecule has 1 saturated carbocycles. The van der Waals surface area contributed by atoms with Gasteiger partial charge in [0.1, 0.15) is 17.1 Å². The molecule has 3 aromatic rings. The van der Waals surface area contributed by atoms with Gasteiger partial charge < -0.3 is 24.8 Å². The van der Waals surface area contributed by atoms with Crippen LogP contribution in [0.5, 0.6) is 5.75 Å². The molecule has 2 aromatic carbocycles. The zero-order valence-electron chi connectivity index (χ0n) is 18.7. The predicted molar refractivity (Wildman–Crippen MR) is 126 cm³/mol. The smallest absolute Gasteiger partial charge is 0.338 e. The van der Waals surface area contributed by atoms with Crippen molar-refractivity contribution in [2.45, 2.75) is 37.8 Å². The summed E-state index contributed by atoms with van der Waals surface area (Å²) in [5, 5.41) is 12.5. The number of ether oxygens (including phenoxy) is 2. The Morgan fingerprint density at radius 3 is 2.62 bits per heavy atom. The number of hydrogen-bond acceptors (Lipinski definition) is 7. The van der Waals surface area contributed by atoms with Crippen LogP contribution in [0.2, 0.25) is 0 Å². The van der Waals surface area contributed by atoms with Crippen molar-refractivity contribution in [1.29, 1.82) is 0 Å². The molecule has 1 aliphatic heterocycles. The van der Waals surface area contributed by atoms with Crippen molar-refractivity contribution in [3.8, 4) is 5.75 Å². The minimum Gasteiger partial charge on any atom is -0.488 e. The third-order valence-electron chi connectivity index (χ3n) is 6.44. The van der Waals surface area contributed by atoms with Gasteiger partial charge in [-0.2, -0.15) is 0 Å². The zero-order chi connectivity index (χ0) is 23.5. The van der Waals surface area contributed by atoms with Crippen molar-refractivity contribution in [1.82, 2.24) is 9.97 Å². The Morgan fingerprint density at radius 1 is 1.09 bits per heavy atom. The van der Waals surface area contributed by atoms with E-state index in [1.807, 2.05) is 0 Å². The Labute approximate surface area is 196 Å². The first-order valence-electron chi connectivity index (χ1n) is 11.6. The molecule has 178 valence electrons. The zero-order valence-corrected chi connectivity index (χ0v) is 18.7. The molecule has 0 spiro atoms. The molecule has 2 aliphatic rings. The van der Waals surface area contributed by atoms with E-state index in [2.05, 4.69) is 32.3 Å². The minimum atomic E-state index is -1.27. The van der Waals surface area contributed by atoms with Crippen LogP contribution in [-0.2, 0) is 4.74 Å². The van der Waals surface area contributed by atoms with Gasteiger partial charge in [0.05, 0.1) is 30.4 Å². The number of carboxylic acids is 1. The van der Waals surface area contributed by atoms with Crippen LogP contribution in [-0.4, -0.2) is 59.5 Å². The molecule has 0 atom stereocenters. The molecule has 1 aromatic heterocycles. The van der Waals surface area contributed by atoms with E-state index in [-0.39, 0.29) is 17.7 Å². The van der Waals surface area contributed by atoms with E-state index in [9.17, 15) is 9.18 Å². The number of aromatic nitrogens is 2. The van der Waals surface area contributed by atoms with Gasteiger partial charge in [0.15, 0.2) is 0 Å². The Balaban J connectivity index is 1.26. The van der Waals surface area contributed by atoms with Crippen LogP contribution in [0.1, 0.15) is 36.0 Å². The number of rotatable bonds is 6. The van der Waals surface area contributed by atoms with Crippen LogP contribution < -0.4 is 15.0 Å². The van der Waals surface area contributed by atoms with Gasteiger partial charge in [-0.15, -0.1) is 0 Å². The Bertz CT molecular complexity index is 1180. The highest BCUT2D eigenvalue weighted by molar-refractivity contribution is 5.89. The SMILES string of the molecule is O=C(O)c1cc(N[C@H]2CC[C@@H](Oc3cc(N4CCOCC4)cc4nccnc34)CC2)ccc1F. The van der Waals surface area contributed by atoms with Crippen LogP contribution in [0.15, 0.2) is 42.7 Å². The van der Waals surface area contributed by atoms with Crippen LogP contribution in [0.25, 0.3) is 11.0 Å². The second-order valence-corrected chi connectivity index (χ2v) is 8.70. The van der Waals surface area contributed by atoms with Gasteiger partial charge in [0, 0.05) is 49.0 Å². The molecule has 1 saturated heterocycles. The summed E-state index contributed by atoms with van der Waals surface area (Å²) in [4.78, 5) is 22.5. The van der Waals surface area contributed by atoms with Crippen molar-refractivity contribution >= 4 is 28.4 Å². The van der Waals surface area contributed by atoms with Crippen molar-refractivity contribution in [2.24, 2.45) is 0 Å². The summed E-state index contributed by atoms with van der Waals surface area (Å²) >= 11 is 0. The molecule has 2 heterocycles. The van der Waals surface area contributed by atoms with Gasteiger partial charge in [-0.3, -0.25) is 4.98 Å². The molecule has 1 aliphatic carbocycles. The summed E-state index contributed by atoms with van der Waals surface area (Å²) in [6, 6.07) is 8.39. The molecule has 34 heavy (non-hydrogen) atoms. The second-order valence-electron chi connectivity index (χ2n) is 8.70. The van der Waals surface area contributed by atoms with E-state index in [1.165, 1.54) is 12.1 Å². The van der Waals surface area contributed by atoms with E-state index in [0.717, 1.165) is 61.2 Å². The van der Waals surface area contributed by atoms with Gasteiger partial charge in [-0.05, 0) is 49.9 Å². The molecule has 2 N–H and O–H groups in total. The Kier molecular flexibility index (Phi) is 6.44. The number of halogens is 1. The van der Waals surface area contributed by atoms with E-state index in [0.29, 0.717) is 18.9 Å². The molecular formula is C25H27FN4O4. The standard InChI is InChI=1S/C25H27FN4O4/c26-21-6-3-17(13-20(21)25(31)32)29-16-1-4-19(5-2-16)34-23-15-18(30-9-11-33-12-10-30)14-22-24(23)28-8-7-27-22/h3,6-8,13-16,19,29H,1-2,4-5,9-12H2,(H,31,32)/t16-,19+. The van der Waals surface area contributed by atoms with E-state index >= 15 is 0 Å². The monoisotopic (exact) mass is 466 g/mol. The number of aromatic carboxylic acids is 1. The van der Waals surface area contributed by atoms with Crippen molar-refractivity contribution in [3.05, 3.63) is 54.1 Å². The molecule has 0 unspecified atom stereocenters. The lowest BCUT2D eigenvalue weighted by molar-refractivity contribution is 0.0692. The summed E-state index contributed by atoms with van der Waals surface area (Å²) in [5.74, 6) is -1.26. The highest BCUT2D eigenvalue weighted by Crippen LogP contribution is 2.33. The van der Waals surface area contributed by atoms with Crippen molar-refractivity contribution in [2.75, 3.05) is 36.5 Å². The fourth-order valence-corrected chi connectivity index (χ4v) is 4.64. The lowest BCUT2D eigenvalue weighted by Crippen LogP contribution is -2.36. The maximum atomic E-state index is 13.7. The highest BCUT2D eigenvalue weighted by Gasteiger charge is 2.24. The fourth-order valence-electron chi connectivity index (χ4n) is 4.64. The second kappa shape index (κ2) is 9.80. The topological polar surface area (TPSA) is 96.8 Å². The molecule has 8 nitrogen and oxygen atoms in total. The number of nitrogens with one attached hydrogen (secondary N) is 1. The number of fused-ring (bicyclic) bond motifs is 1. The number of hydrogen-bond donors (Lipinski definition) is 2. The number of carboxylic acid groups (broad SMARTS) is 1. The van der Waals surface area contributed by atoms with Crippen molar-refractivity contribution < 1.29 is 23.8 Å². The first-order valence-corrected chi connectivity index (χ1v) is 11.6. The lowest BCUT2D eigenvalue weighted by atomic mass is 9.92. The van der Waals surface area contributed by atoms with Gasteiger partial charge >= 0.3 is 5.97 Å². The molecule has 0 bridgehead atoms. The maximum Gasteiger partial charge on any atom is 0.338 e. The minimum absolute atomic E-state index is 0.0472. The van der Waals surface area contributed by atoms with E-state index in [1.54, 1.807) is 18.5 Å². The molecule has 0 amide bonds. The molecule has 0 radical (unpaired) electrons. The van der Waals surface area contributed by atoms with Gasteiger partial charge in [0.2, 0.25) is 0 Å². The normalized spacial score (nSPS) is 20.8. The molecule has 2 fully saturated rings. The Morgan fingerprint density at radius 2 is 1.85 bits per heavy atom. The van der Waals surface area contributed by atoms with Crippen LogP contribution in [0.4, 0.5) is 15.8 Å². The van der Waals surface area contributed by atoms with Crippen LogP contribution in [0, 0.1) is 5.82 Å². The van der Waals surface area contributed by atoms with Crippen LogP contribution in [0.3, 0.4) is 0 Å². The number of nitrogens with zero attached hydrogens (tertiary/aromatic N) is 3. The average Bonchev–Trinajstić information content (AvgIpc) is 2.86. The number of anilines is 2. The van der Waals surface area contributed by atoms with Gasteiger partial charge in [-0.25, -0.2) is 14.2 Å². The summed E-state index contributed by atoms with van der Waals surface area (Å²) < 4.78 is 25.6. The molecule has 5 rings (SSSR count). The first-order chi connectivity index (χ1) is 16.6. The average molecular weight is 467 g/mol. The molecule has 9 heteroatoms. The fraction of sp³-hybridized carbons (Fsp3) is 0.400. The largest absolute Gasteiger partial charge is 0.488 e. The summed E-state index contributed by atoms with van der Waals surface area (Å²) in [6.45, 7) is 3.06. The number of carbonyl (C=O) groups is 1. The highest BCUT2D eigenvalue weighted by atomic mass is 19.1.